The number of carbonyl (C=O) groups is 1. The number of ketones is 1. The summed E-state index contributed by atoms with van der Waals surface area (Å²) in [5.41, 5.74) is 1.88. The molecule has 0 bridgehead atoms. The van der Waals surface area contributed by atoms with Gasteiger partial charge in [0.05, 0.1) is 7.11 Å². The maximum absolute atomic E-state index is 12.7. The third kappa shape index (κ3) is 7.78. The third-order valence-corrected chi connectivity index (χ3v) is 4.33. The van der Waals surface area contributed by atoms with Gasteiger partial charge in [0.2, 0.25) is 0 Å². The van der Waals surface area contributed by atoms with Crippen molar-refractivity contribution in [2.45, 2.75) is 72.5 Å². The molecular weight excluding hydrogens is 388 g/mol. The quantitative estimate of drug-likeness (QED) is 0.341. The fraction of sp³-hybridized carbons (Fsp3) is 0.444. The van der Waals surface area contributed by atoms with Gasteiger partial charge in [0.25, 0.3) is 0 Å². The number of carbonyl (C=O) groups excluding carboxylic acids is 1. The number of rotatable bonds is 8. The molecule has 168 valence electrons. The van der Waals surface area contributed by atoms with Crippen LogP contribution >= 0.6 is 0 Å². The number of ether oxygens (including phenoxy) is 3. The van der Waals surface area contributed by atoms with Crippen LogP contribution < -0.4 is 14.2 Å². The zero-order valence-electron chi connectivity index (χ0n) is 20.2. The highest BCUT2D eigenvalue weighted by atomic mass is 16.5. The summed E-state index contributed by atoms with van der Waals surface area (Å²) in [6.45, 7) is 14.3. The molecule has 2 rings (SSSR count). The van der Waals surface area contributed by atoms with Crippen molar-refractivity contribution < 1.29 is 19.0 Å². The van der Waals surface area contributed by atoms with E-state index in [1.807, 2.05) is 53.7 Å². The molecule has 0 radical (unpaired) electrons. The molecule has 2 aromatic carbocycles. The summed E-state index contributed by atoms with van der Waals surface area (Å²) in [6, 6.07) is 11.1. The van der Waals surface area contributed by atoms with Crippen molar-refractivity contribution in [2.75, 3.05) is 7.11 Å². The van der Waals surface area contributed by atoms with Crippen molar-refractivity contribution in [1.29, 1.82) is 0 Å². The van der Waals surface area contributed by atoms with E-state index in [0.29, 0.717) is 11.3 Å². The number of methoxy groups -OCH3 is 1. The molecule has 2 aromatic rings. The van der Waals surface area contributed by atoms with E-state index in [0.717, 1.165) is 35.5 Å². The molecule has 0 aliphatic carbocycles. The lowest BCUT2D eigenvalue weighted by molar-refractivity contribution is 0.104. The molecule has 0 spiro atoms. The van der Waals surface area contributed by atoms with Crippen LogP contribution in [0.25, 0.3) is 6.08 Å². The molecule has 0 aliphatic heterocycles. The summed E-state index contributed by atoms with van der Waals surface area (Å²) in [6.07, 6.45) is 5.29. The minimum atomic E-state index is -0.381. The van der Waals surface area contributed by atoms with Crippen LogP contribution in [-0.2, 0) is 6.42 Å². The van der Waals surface area contributed by atoms with Crippen LogP contribution in [0.2, 0.25) is 0 Å². The molecule has 0 atom stereocenters. The van der Waals surface area contributed by atoms with Gasteiger partial charge in [0.1, 0.15) is 28.5 Å². The molecule has 0 unspecified atom stereocenters. The predicted molar refractivity (Wildman–Crippen MR) is 128 cm³/mol. The second-order valence-electron chi connectivity index (χ2n) is 9.60. The average molecular weight is 425 g/mol. The third-order valence-electron chi connectivity index (χ3n) is 4.33. The molecule has 0 saturated carbocycles. The first-order valence-electron chi connectivity index (χ1n) is 10.8. The number of hydrogen-bond acceptors (Lipinski definition) is 4. The Kier molecular flexibility index (Phi) is 7.94. The van der Waals surface area contributed by atoms with Crippen molar-refractivity contribution in [3.63, 3.8) is 0 Å². The topological polar surface area (TPSA) is 44.8 Å². The minimum absolute atomic E-state index is 0.0728. The van der Waals surface area contributed by atoms with E-state index in [-0.39, 0.29) is 17.0 Å². The number of hydrogen-bond donors (Lipinski definition) is 0. The number of benzene rings is 2. The standard InChI is InChI=1S/C27H36O4/c1-9-10-20-17-21(13-16-23(28)19-11-14-22(29-8)15-12-19)25(31-27(5,6)7)18-24(20)30-26(2,3)4/h11-18H,9-10H2,1-8H3/b16-13+. The first kappa shape index (κ1) is 24.5. The first-order chi connectivity index (χ1) is 14.4. The molecule has 0 heterocycles. The van der Waals surface area contributed by atoms with Crippen LogP contribution in [0.5, 0.6) is 17.2 Å². The van der Waals surface area contributed by atoms with E-state index in [2.05, 4.69) is 13.0 Å². The van der Waals surface area contributed by atoms with E-state index in [1.165, 1.54) is 0 Å². The maximum Gasteiger partial charge on any atom is 0.185 e. The summed E-state index contributed by atoms with van der Waals surface area (Å²) in [7, 11) is 1.61. The second kappa shape index (κ2) is 10.0. The fourth-order valence-corrected chi connectivity index (χ4v) is 3.08. The van der Waals surface area contributed by atoms with Gasteiger partial charge in [0, 0.05) is 17.2 Å². The van der Waals surface area contributed by atoms with Gasteiger partial charge in [-0.2, -0.15) is 0 Å². The predicted octanol–water partition coefficient (Wildman–Crippen LogP) is 6.90. The Bertz CT molecular complexity index is 910. The van der Waals surface area contributed by atoms with Crippen LogP contribution in [0.3, 0.4) is 0 Å². The summed E-state index contributed by atoms with van der Waals surface area (Å²) in [4.78, 5) is 12.7. The molecule has 31 heavy (non-hydrogen) atoms. The Morgan fingerprint density at radius 3 is 2.00 bits per heavy atom. The largest absolute Gasteiger partial charge is 0.497 e. The highest BCUT2D eigenvalue weighted by Crippen LogP contribution is 2.35. The summed E-state index contributed by atoms with van der Waals surface area (Å²) < 4.78 is 17.6. The SMILES string of the molecule is CCCc1cc(/C=C/C(=O)c2ccc(OC)cc2)c(OC(C)(C)C)cc1OC(C)(C)C. The first-order valence-corrected chi connectivity index (χ1v) is 10.8. The van der Waals surface area contributed by atoms with E-state index < -0.39 is 0 Å². The van der Waals surface area contributed by atoms with Gasteiger partial charge in [-0.05, 0) is 96.0 Å². The van der Waals surface area contributed by atoms with Crippen molar-refractivity contribution >= 4 is 11.9 Å². The van der Waals surface area contributed by atoms with Crippen LogP contribution in [0.4, 0.5) is 0 Å². The maximum atomic E-state index is 12.7. The molecule has 0 aromatic heterocycles. The molecular formula is C27H36O4. The molecule has 0 saturated heterocycles. The Hall–Kier alpha value is -2.75. The molecule has 4 heteroatoms. The van der Waals surface area contributed by atoms with Crippen LogP contribution in [0.1, 0.15) is 76.4 Å². The van der Waals surface area contributed by atoms with Gasteiger partial charge < -0.3 is 14.2 Å². The van der Waals surface area contributed by atoms with Gasteiger partial charge in [-0.25, -0.2) is 0 Å². The van der Waals surface area contributed by atoms with Crippen molar-refractivity contribution in [3.8, 4) is 17.2 Å². The van der Waals surface area contributed by atoms with Crippen molar-refractivity contribution in [3.05, 3.63) is 59.2 Å². The lowest BCUT2D eigenvalue weighted by Crippen LogP contribution is -2.25. The van der Waals surface area contributed by atoms with Crippen LogP contribution in [-0.4, -0.2) is 24.1 Å². The Balaban J connectivity index is 2.45. The van der Waals surface area contributed by atoms with Gasteiger partial charge >= 0.3 is 0 Å². The fourth-order valence-electron chi connectivity index (χ4n) is 3.08. The van der Waals surface area contributed by atoms with E-state index in [9.17, 15) is 4.79 Å². The molecule has 0 fully saturated rings. The summed E-state index contributed by atoms with van der Waals surface area (Å²) in [5.74, 6) is 2.18. The van der Waals surface area contributed by atoms with Gasteiger partial charge in [-0.1, -0.05) is 13.3 Å². The Labute approximate surface area is 187 Å². The Morgan fingerprint density at radius 1 is 0.903 bits per heavy atom. The van der Waals surface area contributed by atoms with E-state index >= 15 is 0 Å². The highest BCUT2D eigenvalue weighted by Gasteiger charge is 2.20. The van der Waals surface area contributed by atoms with Crippen LogP contribution in [0.15, 0.2) is 42.5 Å². The molecule has 0 amide bonds. The lowest BCUT2D eigenvalue weighted by atomic mass is 10.0. The van der Waals surface area contributed by atoms with Gasteiger partial charge in [-0.3, -0.25) is 4.79 Å². The van der Waals surface area contributed by atoms with Crippen molar-refractivity contribution in [1.82, 2.24) is 0 Å². The van der Waals surface area contributed by atoms with Gasteiger partial charge in [-0.15, -0.1) is 0 Å². The van der Waals surface area contributed by atoms with E-state index in [1.54, 1.807) is 37.5 Å². The highest BCUT2D eigenvalue weighted by molar-refractivity contribution is 6.07. The minimum Gasteiger partial charge on any atom is -0.497 e. The zero-order chi connectivity index (χ0) is 23.2. The molecule has 4 nitrogen and oxygen atoms in total. The normalized spacial score (nSPS) is 12.1. The lowest BCUT2D eigenvalue weighted by Gasteiger charge is -2.27. The number of allylic oxidation sites excluding steroid dienone is 1. The van der Waals surface area contributed by atoms with Crippen molar-refractivity contribution in [2.24, 2.45) is 0 Å². The summed E-state index contributed by atoms with van der Waals surface area (Å²) in [5, 5.41) is 0. The van der Waals surface area contributed by atoms with Crippen LogP contribution in [0, 0.1) is 0 Å². The number of aryl methyl sites for hydroxylation is 1. The second-order valence-corrected chi connectivity index (χ2v) is 9.60. The summed E-state index contributed by atoms with van der Waals surface area (Å²) >= 11 is 0. The molecule has 0 N–H and O–H groups in total. The smallest absolute Gasteiger partial charge is 0.185 e. The van der Waals surface area contributed by atoms with Gasteiger partial charge in [0.15, 0.2) is 5.78 Å². The Morgan fingerprint density at radius 2 is 1.48 bits per heavy atom. The van der Waals surface area contributed by atoms with E-state index in [4.69, 9.17) is 14.2 Å². The monoisotopic (exact) mass is 424 g/mol. The zero-order valence-corrected chi connectivity index (χ0v) is 20.2. The molecule has 0 aliphatic rings. The average Bonchev–Trinajstić information content (AvgIpc) is 2.66.